The molecule has 1 saturated carbocycles. The van der Waals surface area contributed by atoms with E-state index in [-0.39, 0.29) is 29.6 Å². The molecule has 1 aromatic rings. The van der Waals surface area contributed by atoms with Crippen LogP contribution in [0.5, 0.6) is 0 Å². The highest BCUT2D eigenvalue weighted by Crippen LogP contribution is 2.39. The van der Waals surface area contributed by atoms with E-state index in [0.29, 0.717) is 30.7 Å². The van der Waals surface area contributed by atoms with Crippen molar-refractivity contribution in [3.8, 4) is 0 Å². The van der Waals surface area contributed by atoms with E-state index in [4.69, 9.17) is 4.74 Å². The predicted molar refractivity (Wildman–Crippen MR) is 119 cm³/mol. The molecule has 168 valence electrons. The summed E-state index contributed by atoms with van der Waals surface area (Å²) in [6.07, 6.45) is 6.39. The second kappa shape index (κ2) is 10.8. The molecule has 3 rings (SSSR count). The highest BCUT2D eigenvalue weighted by Gasteiger charge is 2.51. The number of imide groups is 1. The van der Waals surface area contributed by atoms with Crippen molar-refractivity contribution in [2.45, 2.75) is 44.6 Å². The van der Waals surface area contributed by atoms with Gasteiger partial charge in [0.25, 0.3) is 0 Å². The molecule has 2 fully saturated rings. The molecule has 0 radical (unpaired) electrons. The minimum Gasteiger partial charge on any atom is -0.465 e. The SMILES string of the molecule is COC(=O)c1ccc(CCNC(=O)C(CCSC)N2C(=O)C3CCCCC3C2=O)cc1. The number of carbonyl (C=O) groups is 4. The summed E-state index contributed by atoms with van der Waals surface area (Å²) in [5.41, 5.74) is 1.44. The lowest BCUT2D eigenvalue weighted by molar-refractivity contribution is -0.148. The average Bonchev–Trinajstić information content (AvgIpc) is 3.04. The van der Waals surface area contributed by atoms with Gasteiger partial charge in [0.05, 0.1) is 24.5 Å². The van der Waals surface area contributed by atoms with E-state index in [1.165, 1.54) is 12.0 Å². The van der Waals surface area contributed by atoms with Gasteiger partial charge in [-0.2, -0.15) is 11.8 Å². The summed E-state index contributed by atoms with van der Waals surface area (Å²) < 4.78 is 4.69. The van der Waals surface area contributed by atoms with Crippen molar-refractivity contribution < 1.29 is 23.9 Å². The molecule has 1 saturated heterocycles. The molecule has 0 spiro atoms. The highest BCUT2D eigenvalue weighted by molar-refractivity contribution is 7.98. The fourth-order valence-electron chi connectivity index (χ4n) is 4.48. The molecule has 1 N–H and O–H groups in total. The van der Waals surface area contributed by atoms with Crippen LogP contribution in [-0.4, -0.2) is 60.3 Å². The van der Waals surface area contributed by atoms with Gasteiger partial charge in [-0.05, 0) is 55.4 Å². The summed E-state index contributed by atoms with van der Waals surface area (Å²) in [7, 11) is 1.34. The van der Waals surface area contributed by atoms with E-state index >= 15 is 0 Å². The van der Waals surface area contributed by atoms with Gasteiger partial charge in [0.2, 0.25) is 17.7 Å². The third-order valence-corrected chi connectivity index (χ3v) is 6.82. The molecular weight excluding hydrogens is 416 g/mol. The normalized spacial score (nSPS) is 21.5. The second-order valence-corrected chi connectivity index (χ2v) is 9.06. The third kappa shape index (κ3) is 5.29. The number of nitrogens with zero attached hydrogens (tertiary/aromatic N) is 1. The molecule has 1 aliphatic carbocycles. The van der Waals surface area contributed by atoms with Gasteiger partial charge in [0.15, 0.2) is 0 Å². The van der Waals surface area contributed by atoms with Crippen LogP contribution >= 0.6 is 11.8 Å². The maximum Gasteiger partial charge on any atom is 0.337 e. The Morgan fingerprint density at radius 3 is 2.29 bits per heavy atom. The Morgan fingerprint density at radius 1 is 1.13 bits per heavy atom. The monoisotopic (exact) mass is 446 g/mol. The molecule has 2 aliphatic rings. The van der Waals surface area contributed by atoms with Gasteiger partial charge in [0.1, 0.15) is 6.04 Å². The molecule has 31 heavy (non-hydrogen) atoms. The zero-order chi connectivity index (χ0) is 22.4. The lowest BCUT2D eigenvalue weighted by Crippen LogP contribution is -2.50. The van der Waals surface area contributed by atoms with Crippen LogP contribution in [0.2, 0.25) is 0 Å². The van der Waals surface area contributed by atoms with Crippen LogP contribution < -0.4 is 5.32 Å². The Labute approximate surface area is 187 Å². The molecular formula is C23H30N2O5S. The first-order valence-corrected chi connectivity index (χ1v) is 12.2. The average molecular weight is 447 g/mol. The van der Waals surface area contributed by atoms with E-state index in [9.17, 15) is 19.2 Å². The van der Waals surface area contributed by atoms with E-state index in [1.807, 2.05) is 18.4 Å². The van der Waals surface area contributed by atoms with Crippen molar-refractivity contribution >= 4 is 35.5 Å². The number of ether oxygens (including phenoxy) is 1. The molecule has 3 amide bonds. The van der Waals surface area contributed by atoms with Crippen molar-refractivity contribution in [2.24, 2.45) is 11.8 Å². The number of likely N-dealkylation sites (tertiary alicyclic amines) is 1. The number of methoxy groups -OCH3 is 1. The Kier molecular flexibility index (Phi) is 8.12. The van der Waals surface area contributed by atoms with Crippen molar-refractivity contribution in [1.82, 2.24) is 10.2 Å². The summed E-state index contributed by atoms with van der Waals surface area (Å²) in [4.78, 5) is 51.7. The first kappa shape index (κ1) is 23.3. The molecule has 1 heterocycles. The molecule has 3 unspecified atom stereocenters. The largest absolute Gasteiger partial charge is 0.465 e. The van der Waals surface area contributed by atoms with Crippen LogP contribution in [-0.2, 0) is 25.5 Å². The van der Waals surface area contributed by atoms with Crippen molar-refractivity contribution in [3.63, 3.8) is 0 Å². The minimum absolute atomic E-state index is 0.172. The molecule has 1 aliphatic heterocycles. The quantitative estimate of drug-likeness (QED) is 0.463. The van der Waals surface area contributed by atoms with Crippen LogP contribution in [0.15, 0.2) is 24.3 Å². The Bertz CT molecular complexity index is 802. The van der Waals surface area contributed by atoms with Gasteiger partial charge >= 0.3 is 5.97 Å². The topological polar surface area (TPSA) is 92.8 Å². The number of benzene rings is 1. The highest BCUT2D eigenvalue weighted by atomic mass is 32.2. The number of hydrogen-bond acceptors (Lipinski definition) is 6. The molecule has 7 nitrogen and oxygen atoms in total. The zero-order valence-electron chi connectivity index (χ0n) is 18.1. The van der Waals surface area contributed by atoms with Gasteiger partial charge in [0, 0.05) is 6.54 Å². The van der Waals surface area contributed by atoms with Crippen LogP contribution in [0.3, 0.4) is 0 Å². The maximum atomic E-state index is 13.0. The minimum atomic E-state index is -0.750. The predicted octanol–water partition coefficient (Wildman–Crippen LogP) is 2.43. The smallest absolute Gasteiger partial charge is 0.337 e. The number of rotatable bonds is 9. The molecule has 1 aromatic carbocycles. The summed E-state index contributed by atoms with van der Waals surface area (Å²) in [5, 5.41) is 2.90. The number of hydrogen-bond donors (Lipinski definition) is 1. The van der Waals surface area contributed by atoms with Crippen LogP contribution in [0.25, 0.3) is 0 Å². The van der Waals surface area contributed by atoms with Crippen LogP contribution in [0, 0.1) is 11.8 Å². The maximum absolute atomic E-state index is 13.0. The van der Waals surface area contributed by atoms with Gasteiger partial charge in [-0.1, -0.05) is 25.0 Å². The third-order valence-electron chi connectivity index (χ3n) is 6.17. The summed E-state index contributed by atoms with van der Waals surface area (Å²) in [6, 6.07) is 6.27. The van der Waals surface area contributed by atoms with E-state index in [0.717, 1.165) is 31.2 Å². The summed E-state index contributed by atoms with van der Waals surface area (Å²) in [6.45, 7) is 0.384. The molecule has 3 atom stereocenters. The first-order valence-electron chi connectivity index (χ1n) is 10.8. The molecule has 0 bridgehead atoms. The van der Waals surface area contributed by atoms with Gasteiger partial charge in [-0.15, -0.1) is 0 Å². The lowest BCUT2D eigenvalue weighted by Gasteiger charge is -2.26. The Hall–Kier alpha value is -2.35. The zero-order valence-corrected chi connectivity index (χ0v) is 18.9. The van der Waals surface area contributed by atoms with Gasteiger partial charge < -0.3 is 10.1 Å². The standard InChI is InChI=1S/C23H30N2O5S/c1-30-23(29)16-9-7-15(8-10-16)11-13-24-20(26)19(12-14-31-2)25-21(27)17-5-3-4-6-18(17)22(25)28/h7-10,17-19H,3-6,11-14H2,1-2H3,(H,24,26). The number of thioether (sulfide) groups is 1. The van der Waals surface area contributed by atoms with E-state index in [1.54, 1.807) is 23.9 Å². The fraction of sp³-hybridized carbons (Fsp3) is 0.565. The Morgan fingerprint density at radius 2 is 1.74 bits per heavy atom. The summed E-state index contributed by atoms with van der Waals surface area (Å²) in [5.74, 6) is -0.820. The van der Waals surface area contributed by atoms with Crippen molar-refractivity contribution in [3.05, 3.63) is 35.4 Å². The van der Waals surface area contributed by atoms with Gasteiger partial charge in [-0.3, -0.25) is 19.3 Å². The van der Waals surface area contributed by atoms with E-state index < -0.39 is 12.0 Å². The van der Waals surface area contributed by atoms with Crippen molar-refractivity contribution in [1.29, 1.82) is 0 Å². The fourth-order valence-corrected chi connectivity index (χ4v) is 4.93. The number of fused-ring (bicyclic) bond motifs is 1. The second-order valence-electron chi connectivity index (χ2n) is 8.07. The van der Waals surface area contributed by atoms with E-state index in [2.05, 4.69) is 5.32 Å². The number of amides is 3. The number of nitrogens with one attached hydrogen (secondary N) is 1. The lowest BCUT2D eigenvalue weighted by atomic mass is 9.81. The van der Waals surface area contributed by atoms with Crippen LogP contribution in [0.1, 0.15) is 48.0 Å². The molecule has 8 heteroatoms. The first-order chi connectivity index (χ1) is 15.0. The number of carbonyl (C=O) groups excluding carboxylic acids is 4. The summed E-state index contributed by atoms with van der Waals surface area (Å²) >= 11 is 1.59. The van der Waals surface area contributed by atoms with Crippen molar-refractivity contribution in [2.75, 3.05) is 25.7 Å². The van der Waals surface area contributed by atoms with Gasteiger partial charge in [-0.25, -0.2) is 4.79 Å². The van der Waals surface area contributed by atoms with Crippen LogP contribution in [0.4, 0.5) is 0 Å². The number of esters is 1. The molecule has 0 aromatic heterocycles. The Balaban J connectivity index is 1.61.